The molecule has 2 heterocycles. The van der Waals surface area contributed by atoms with E-state index in [9.17, 15) is 26.7 Å². The van der Waals surface area contributed by atoms with Crippen molar-refractivity contribution in [3.8, 4) is 0 Å². The third kappa shape index (κ3) is 2.78. The van der Waals surface area contributed by atoms with E-state index in [0.29, 0.717) is 0 Å². The highest BCUT2D eigenvalue weighted by atomic mass is 19.4. The molecule has 0 aliphatic carbocycles. The molecule has 20 heavy (non-hydrogen) atoms. The summed E-state index contributed by atoms with van der Waals surface area (Å²) in [5.74, 6) is -3.68. The van der Waals surface area contributed by atoms with Crippen molar-refractivity contribution in [1.82, 2.24) is 9.88 Å². The van der Waals surface area contributed by atoms with Gasteiger partial charge in [0, 0.05) is 24.9 Å². The lowest BCUT2D eigenvalue weighted by molar-refractivity contribution is -0.0957. The monoisotopic (exact) mass is 292 g/mol. The fourth-order valence-electron chi connectivity index (χ4n) is 1.86. The number of aromatic nitrogens is 1. The van der Waals surface area contributed by atoms with E-state index < -0.39 is 35.0 Å². The number of carbonyl (C=O) groups excluding carboxylic acids is 1. The summed E-state index contributed by atoms with van der Waals surface area (Å²) in [7, 11) is 0. The van der Waals surface area contributed by atoms with Crippen molar-refractivity contribution in [2.24, 2.45) is 0 Å². The van der Waals surface area contributed by atoms with Gasteiger partial charge in [-0.3, -0.25) is 4.79 Å². The van der Waals surface area contributed by atoms with Crippen LogP contribution in [0.1, 0.15) is 16.8 Å². The number of carbonyl (C=O) groups is 1. The largest absolute Gasteiger partial charge is 0.412 e. The fourth-order valence-corrected chi connectivity index (χ4v) is 1.86. The summed E-state index contributed by atoms with van der Waals surface area (Å²) in [4.78, 5) is 16.0. The highest BCUT2D eigenvalue weighted by Gasteiger charge is 2.35. The Kier molecular flexibility index (Phi) is 3.74. The normalized spacial score (nSPS) is 16.1. The van der Waals surface area contributed by atoms with E-state index in [2.05, 4.69) is 4.98 Å². The minimum absolute atomic E-state index is 0.201. The molecule has 8 heteroatoms. The van der Waals surface area contributed by atoms with Crippen molar-refractivity contribution in [2.75, 3.05) is 13.1 Å². The molecule has 0 N–H and O–H groups in total. The van der Waals surface area contributed by atoms with E-state index in [0.717, 1.165) is 23.2 Å². The van der Waals surface area contributed by atoms with Gasteiger partial charge in [0.25, 0.3) is 5.91 Å². The van der Waals surface area contributed by atoms with E-state index >= 15 is 0 Å². The van der Waals surface area contributed by atoms with E-state index in [1.165, 1.54) is 0 Å². The van der Waals surface area contributed by atoms with Gasteiger partial charge in [-0.15, -0.1) is 0 Å². The average molecular weight is 292 g/mol. The van der Waals surface area contributed by atoms with Crippen molar-refractivity contribution >= 4 is 5.91 Å². The molecule has 1 amide bonds. The van der Waals surface area contributed by atoms with Gasteiger partial charge in [0.1, 0.15) is 0 Å². The van der Waals surface area contributed by atoms with E-state index in [1.807, 2.05) is 0 Å². The van der Waals surface area contributed by atoms with Gasteiger partial charge in [0.15, 0.2) is 5.82 Å². The molecule has 0 saturated carbocycles. The number of nitrogens with zero attached hydrogens (tertiary/aromatic N) is 2. The van der Waals surface area contributed by atoms with E-state index in [1.54, 1.807) is 0 Å². The van der Waals surface area contributed by atoms with Crippen LogP contribution >= 0.6 is 0 Å². The summed E-state index contributed by atoms with van der Waals surface area (Å²) in [5, 5.41) is 0. The topological polar surface area (TPSA) is 33.2 Å². The first kappa shape index (κ1) is 14.4. The Hall–Kier alpha value is -1.99. The van der Waals surface area contributed by atoms with Crippen LogP contribution in [-0.4, -0.2) is 35.1 Å². The highest BCUT2D eigenvalue weighted by Crippen LogP contribution is 2.30. The van der Waals surface area contributed by atoms with Crippen LogP contribution in [0, 0.1) is 11.8 Å². The Morgan fingerprint density at radius 2 is 2.00 bits per heavy atom. The van der Waals surface area contributed by atoms with Gasteiger partial charge in [-0.1, -0.05) is 6.08 Å². The fraction of sp³-hybridized carbons (Fsp3) is 0.333. The molecule has 0 spiro atoms. The van der Waals surface area contributed by atoms with Crippen LogP contribution in [0.3, 0.4) is 0 Å². The zero-order valence-corrected chi connectivity index (χ0v) is 10.0. The first-order valence-electron chi connectivity index (χ1n) is 5.66. The van der Waals surface area contributed by atoms with Crippen molar-refractivity contribution < 1.29 is 26.7 Å². The van der Waals surface area contributed by atoms with Crippen LogP contribution in [0.5, 0.6) is 0 Å². The van der Waals surface area contributed by atoms with Gasteiger partial charge < -0.3 is 4.90 Å². The molecule has 3 nitrogen and oxygen atoms in total. The van der Waals surface area contributed by atoms with Gasteiger partial charge >= 0.3 is 6.18 Å². The maximum absolute atomic E-state index is 13.4. The van der Waals surface area contributed by atoms with Crippen molar-refractivity contribution in [3.63, 3.8) is 0 Å². The summed E-state index contributed by atoms with van der Waals surface area (Å²) in [6.45, 7) is -0.495. The minimum atomic E-state index is -4.43. The Balaban J connectivity index is 2.17. The molecule has 108 valence electrons. The third-order valence-corrected chi connectivity index (χ3v) is 2.94. The molecule has 0 saturated heterocycles. The first-order valence-corrected chi connectivity index (χ1v) is 5.66. The Morgan fingerprint density at radius 1 is 1.30 bits per heavy atom. The molecule has 1 aliphatic rings. The van der Waals surface area contributed by atoms with Crippen molar-refractivity contribution in [1.29, 1.82) is 0 Å². The summed E-state index contributed by atoms with van der Waals surface area (Å²) >= 11 is 0. The molecule has 0 atom stereocenters. The molecule has 0 fully saturated rings. The second kappa shape index (κ2) is 5.18. The molecule has 0 aromatic carbocycles. The molecule has 2 rings (SSSR count). The number of alkyl halides is 3. The second-order valence-corrected chi connectivity index (χ2v) is 4.19. The molecular weight excluding hydrogens is 283 g/mol. The van der Waals surface area contributed by atoms with Crippen molar-refractivity contribution in [2.45, 2.75) is 12.6 Å². The maximum atomic E-state index is 13.4. The van der Waals surface area contributed by atoms with Crippen LogP contribution in [0.2, 0.25) is 0 Å². The van der Waals surface area contributed by atoms with Gasteiger partial charge in [0.2, 0.25) is 5.95 Å². The molecule has 0 radical (unpaired) electrons. The number of halogens is 5. The molecule has 0 unspecified atom stereocenters. The lowest BCUT2D eigenvalue weighted by Gasteiger charge is -2.27. The van der Waals surface area contributed by atoms with E-state index in [-0.39, 0.29) is 19.5 Å². The number of pyridine rings is 1. The number of hydrogen-bond donors (Lipinski definition) is 0. The molecule has 0 bridgehead atoms. The lowest BCUT2D eigenvalue weighted by atomic mass is 10.1. The highest BCUT2D eigenvalue weighted by molar-refractivity contribution is 5.94. The zero-order valence-electron chi connectivity index (χ0n) is 10.0. The zero-order chi connectivity index (χ0) is 14.9. The van der Waals surface area contributed by atoms with Gasteiger partial charge in [-0.25, -0.2) is 9.37 Å². The SMILES string of the molecule is O=C(c1ccnc(F)c1F)N1CC=C(C(F)(F)F)CC1. The van der Waals surface area contributed by atoms with Gasteiger partial charge in [-0.05, 0) is 12.5 Å². The van der Waals surface area contributed by atoms with Crippen molar-refractivity contribution in [3.05, 3.63) is 41.2 Å². The second-order valence-electron chi connectivity index (χ2n) is 4.19. The van der Waals surface area contributed by atoms with Crippen LogP contribution in [0.15, 0.2) is 23.9 Å². The van der Waals surface area contributed by atoms with Crippen LogP contribution in [-0.2, 0) is 0 Å². The standard InChI is InChI=1S/C12H9F5N2O/c13-9-8(1-4-18-10(9)14)11(20)19-5-2-7(3-6-19)12(15,16)17/h1-2,4H,3,5-6H2. The van der Waals surface area contributed by atoms with E-state index in [4.69, 9.17) is 0 Å². The summed E-state index contributed by atoms with van der Waals surface area (Å²) < 4.78 is 63.6. The van der Waals surface area contributed by atoms with Gasteiger partial charge in [0.05, 0.1) is 5.56 Å². The predicted molar refractivity (Wildman–Crippen MR) is 58.8 cm³/mol. The summed E-state index contributed by atoms with van der Waals surface area (Å²) in [5.41, 5.74) is -1.26. The number of hydrogen-bond acceptors (Lipinski definition) is 2. The quantitative estimate of drug-likeness (QED) is 0.453. The Bertz CT molecular complexity index is 567. The van der Waals surface area contributed by atoms with Crippen LogP contribution < -0.4 is 0 Å². The summed E-state index contributed by atoms with van der Waals surface area (Å²) in [6, 6.07) is 0.990. The van der Waals surface area contributed by atoms with Gasteiger partial charge in [-0.2, -0.15) is 17.6 Å². The van der Waals surface area contributed by atoms with Crippen LogP contribution in [0.4, 0.5) is 22.0 Å². The number of rotatable bonds is 1. The first-order chi connectivity index (χ1) is 9.30. The maximum Gasteiger partial charge on any atom is 0.412 e. The summed E-state index contributed by atoms with van der Waals surface area (Å²) in [6.07, 6.45) is -3.00. The Morgan fingerprint density at radius 3 is 2.55 bits per heavy atom. The smallest absolute Gasteiger partial charge is 0.334 e. The third-order valence-electron chi connectivity index (χ3n) is 2.94. The predicted octanol–water partition coefficient (Wildman–Crippen LogP) is 2.69. The molecule has 1 aromatic heterocycles. The molecule has 1 aliphatic heterocycles. The average Bonchev–Trinajstić information content (AvgIpc) is 2.40. The van der Waals surface area contributed by atoms with Crippen LogP contribution in [0.25, 0.3) is 0 Å². The minimum Gasteiger partial charge on any atom is -0.334 e. The Labute approximate surface area is 110 Å². The molecule has 1 aromatic rings. The lowest BCUT2D eigenvalue weighted by Crippen LogP contribution is -2.37. The molecular formula is C12H9F5N2O. The number of amides is 1.